The Hall–Kier alpha value is -0.650. The first-order chi connectivity index (χ1) is 8.97. The molecule has 0 amide bonds. The molecular weight excluding hydrogens is 324 g/mol. The summed E-state index contributed by atoms with van der Waals surface area (Å²) in [6, 6.07) is 6.15. The number of hydrogen-bond donors (Lipinski definition) is 1. The minimum Gasteiger partial charge on any atom is -0.496 e. The van der Waals surface area contributed by atoms with Crippen molar-refractivity contribution in [3.05, 3.63) is 28.2 Å². The van der Waals surface area contributed by atoms with Crippen molar-refractivity contribution in [3.63, 3.8) is 0 Å². The molecule has 5 heteroatoms. The summed E-state index contributed by atoms with van der Waals surface area (Å²) in [5, 5.41) is 0. The SMILES string of the molecule is CCN(Cc1ccc(OC)c(Br)c1)CC(C)C(N)=S. The van der Waals surface area contributed by atoms with Crippen LogP contribution < -0.4 is 10.5 Å². The van der Waals surface area contributed by atoms with Crippen LogP contribution in [0.3, 0.4) is 0 Å². The number of methoxy groups -OCH3 is 1. The minimum absolute atomic E-state index is 0.233. The van der Waals surface area contributed by atoms with E-state index in [1.165, 1.54) is 5.56 Å². The summed E-state index contributed by atoms with van der Waals surface area (Å²) >= 11 is 8.54. The zero-order valence-corrected chi connectivity index (χ0v) is 14.1. The molecule has 1 atom stereocenters. The smallest absolute Gasteiger partial charge is 0.133 e. The van der Waals surface area contributed by atoms with Gasteiger partial charge in [-0.1, -0.05) is 32.1 Å². The first-order valence-corrected chi connectivity index (χ1v) is 7.52. The molecule has 1 rings (SSSR count). The van der Waals surface area contributed by atoms with Gasteiger partial charge in [0.1, 0.15) is 5.75 Å². The molecule has 106 valence electrons. The maximum Gasteiger partial charge on any atom is 0.133 e. The van der Waals surface area contributed by atoms with Gasteiger partial charge in [0.15, 0.2) is 0 Å². The molecule has 0 saturated heterocycles. The summed E-state index contributed by atoms with van der Waals surface area (Å²) in [5.41, 5.74) is 6.92. The second-order valence-corrected chi connectivity index (χ2v) is 5.93. The molecule has 0 aliphatic rings. The standard InChI is InChI=1S/C14H21BrN2OS/c1-4-17(8-10(2)14(16)19)9-11-5-6-13(18-3)12(15)7-11/h5-7,10H,4,8-9H2,1-3H3,(H2,16,19). The first kappa shape index (κ1) is 16.4. The Labute approximate surface area is 129 Å². The van der Waals surface area contributed by atoms with E-state index < -0.39 is 0 Å². The lowest BCUT2D eigenvalue weighted by atomic mass is 10.1. The maximum atomic E-state index is 5.68. The summed E-state index contributed by atoms with van der Waals surface area (Å²) < 4.78 is 6.21. The fraction of sp³-hybridized carbons (Fsp3) is 0.500. The molecule has 0 aliphatic heterocycles. The predicted octanol–water partition coefficient (Wildman–Crippen LogP) is 3.20. The Kier molecular flexibility index (Phi) is 6.75. The van der Waals surface area contributed by atoms with Crippen molar-refractivity contribution in [1.29, 1.82) is 0 Å². The van der Waals surface area contributed by atoms with E-state index in [0.717, 1.165) is 29.9 Å². The second-order valence-electron chi connectivity index (χ2n) is 4.60. The lowest BCUT2D eigenvalue weighted by Crippen LogP contribution is -2.33. The number of ether oxygens (including phenoxy) is 1. The van der Waals surface area contributed by atoms with Crippen LogP contribution in [-0.2, 0) is 6.54 Å². The van der Waals surface area contributed by atoms with Gasteiger partial charge >= 0.3 is 0 Å². The van der Waals surface area contributed by atoms with Gasteiger partial charge in [-0.25, -0.2) is 0 Å². The van der Waals surface area contributed by atoms with Crippen LogP contribution in [0.5, 0.6) is 5.75 Å². The van der Waals surface area contributed by atoms with Gasteiger partial charge in [-0.15, -0.1) is 0 Å². The van der Waals surface area contributed by atoms with Crippen LogP contribution in [0.2, 0.25) is 0 Å². The average molecular weight is 345 g/mol. The lowest BCUT2D eigenvalue weighted by molar-refractivity contribution is 0.264. The monoisotopic (exact) mass is 344 g/mol. The van der Waals surface area contributed by atoms with E-state index in [0.29, 0.717) is 4.99 Å². The highest BCUT2D eigenvalue weighted by Gasteiger charge is 2.12. The molecule has 3 nitrogen and oxygen atoms in total. The number of halogens is 1. The van der Waals surface area contributed by atoms with Crippen LogP contribution in [0.15, 0.2) is 22.7 Å². The van der Waals surface area contributed by atoms with Gasteiger partial charge in [-0.2, -0.15) is 0 Å². The van der Waals surface area contributed by atoms with Gasteiger partial charge in [0.2, 0.25) is 0 Å². The summed E-state index contributed by atoms with van der Waals surface area (Å²) in [6.07, 6.45) is 0. The molecule has 0 aromatic heterocycles. The van der Waals surface area contributed by atoms with Crippen molar-refractivity contribution < 1.29 is 4.74 Å². The highest BCUT2D eigenvalue weighted by atomic mass is 79.9. The van der Waals surface area contributed by atoms with Crippen molar-refractivity contribution in [2.24, 2.45) is 11.7 Å². The van der Waals surface area contributed by atoms with Crippen molar-refractivity contribution in [3.8, 4) is 5.75 Å². The highest BCUT2D eigenvalue weighted by molar-refractivity contribution is 9.10. The third-order valence-corrected chi connectivity index (χ3v) is 4.11. The number of thiocarbonyl (C=S) groups is 1. The molecule has 0 heterocycles. The zero-order valence-electron chi connectivity index (χ0n) is 11.6. The van der Waals surface area contributed by atoms with Gasteiger partial charge in [-0.05, 0) is 40.2 Å². The van der Waals surface area contributed by atoms with E-state index in [1.54, 1.807) is 7.11 Å². The molecule has 0 spiro atoms. The highest BCUT2D eigenvalue weighted by Crippen LogP contribution is 2.26. The van der Waals surface area contributed by atoms with E-state index >= 15 is 0 Å². The third kappa shape index (κ3) is 5.09. The summed E-state index contributed by atoms with van der Waals surface area (Å²) in [6.45, 7) is 6.94. The zero-order chi connectivity index (χ0) is 14.4. The molecule has 1 aromatic rings. The molecular formula is C14H21BrN2OS. The van der Waals surface area contributed by atoms with Crippen LogP contribution in [0, 0.1) is 5.92 Å². The fourth-order valence-corrected chi connectivity index (χ4v) is 2.51. The quantitative estimate of drug-likeness (QED) is 0.771. The molecule has 1 aromatic carbocycles. The predicted molar refractivity (Wildman–Crippen MR) is 87.6 cm³/mol. The summed E-state index contributed by atoms with van der Waals surface area (Å²) in [4.78, 5) is 2.91. The van der Waals surface area contributed by atoms with E-state index in [-0.39, 0.29) is 5.92 Å². The van der Waals surface area contributed by atoms with Crippen molar-refractivity contribution >= 4 is 33.1 Å². The Morgan fingerprint density at radius 3 is 2.68 bits per heavy atom. The molecule has 2 N–H and O–H groups in total. The molecule has 0 radical (unpaired) electrons. The Morgan fingerprint density at radius 1 is 1.53 bits per heavy atom. The Bertz CT molecular complexity index is 439. The molecule has 0 bridgehead atoms. The molecule has 19 heavy (non-hydrogen) atoms. The van der Waals surface area contributed by atoms with Crippen LogP contribution >= 0.6 is 28.1 Å². The number of hydrogen-bond acceptors (Lipinski definition) is 3. The summed E-state index contributed by atoms with van der Waals surface area (Å²) in [5.74, 6) is 1.08. The second kappa shape index (κ2) is 7.82. The van der Waals surface area contributed by atoms with E-state index in [2.05, 4.69) is 46.8 Å². The number of nitrogens with two attached hydrogens (primary N) is 1. The van der Waals surface area contributed by atoms with Gasteiger partial charge in [0.05, 0.1) is 16.6 Å². The van der Waals surface area contributed by atoms with Crippen LogP contribution in [0.1, 0.15) is 19.4 Å². The number of benzene rings is 1. The summed E-state index contributed by atoms with van der Waals surface area (Å²) in [7, 11) is 1.67. The molecule has 0 fully saturated rings. The van der Waals surface area contributed by atoms with E-state index in [1.807, 2.05) is 6.07 Å². The van der Waals surface area contributed by atoms with E-state index in [9.17, 15) is 0 Å². The van der Waals surface area contributed by atoms with Gasteiger partial charge < -0.3 is 10.5 Å². The fourth-order valence-electron chi connectivity index (χ4n) is 1.85. The topological polar surface area (TPSA) is 38.5 Å². The van der Waals surface area contributed by atoms with Crippen LogP contribution in [0.25, 0.3) is 0 Å². The maximum absolute atomic E-state index is 5.68. The molecule has 0 saturated carbocycles. The van der Waals surface area contributed by atoms with Gasteiger partial charge in [0, 0.05) is 19.0 Å². The van der Waals surface area contributed by atoms with Crippen molar-refractivity contribution in [2.45, 2.75) is 20.4 Å². The van der Waals surface area contributed by atoms with Crippen molar-refractivity contribution in [1.82, 2.24) is 4.90 Å². The van der Waals surface area contributed by atoms with Gasteiger partial charge in [-0.3, -0.25) is 4.90 Å². The molecule has 1 unspecified atom stereocenters. The number of nitrogens with zero attached hydrogens (tertiary/aromatic N) is 1. The first-order valence-electron chi connectivity index (χ1n) is 6.32. The normalized spacial score (nSPS) is 12.5. The number of rotatable bonds is 7. The van der Waals surface area contributed by atoms with E-state index in [4.69, 9.17) is 22.7 Å². The Morgan fingerprint density at radius 2 is 2.21 bits per heavy atom. The Balaban J connectivity index is 2.70. The lowest BCUT2D eigenvalue weighted by Gasteiger charge is -2.24. The third-order valence-electron chi connectivity index (χ3n) is 3.09. The minimum atomic E-state index is 0.233. The largest absolute Gasteiger partial charge is 0.496 e. The van der Waals surface area contributed by atoms with Gasteiger partial charge in [0.25, 0.3) is 0 Å². The molecule has 0 aliphatic carbocycles. The van der Waals surface area contributed by atoms with Crippen molar-refractivity contribution in [2.75, 3.05) is 20.2 Å². The average Bonchev–Trinajstić information content (AvgIpc) is 2.37. The van der Waals surface area contributed by atoms with Crippen LogP contribution in [-0.4, -0.2) is 30.1 Å². The van der Waals surface area contributed by atoms with Crippen LogP contribution in [0.4, 0.5) is 0 Å².